The number of rotatable bonds is 7. The lowest BCUT2D eigenvalue weighted by Gasteiger charge is -2.19. The molecule has 0 fully saturated rings. The van der Waals surface area contributed by atoms with Crippen molar-refractivity contribution in [2.45, 2.75) is 31.2 Å². The molecule has 124 valence electrons. The Kier molecular flexibility index (Phi) is 5.17. The maximum atomic E-state index is 12.4. The van der Waals surface area contributed by atoms with E-state index in [-0.39, 0.29) is 10.8 Å². The number of sulfonamides is 1. The van der Waals surface area contributed by atoms with Crippen molar-refractivity contribution in [2.75, 3.05) is 0 Å². The molecule has 2 N–H and O–H groups in total. The summed E-state index contributed by atoms with van der Waals surface area (Å²) < 4.78 is 28.4. The van der Waals surface area contributed by atoms with Crippen LogP contribution in [-0.4, -0.2) is 35.3 Å². The van der Waals surface area contributed by atoms with Crippen molar-refractivity contribution in [1.82, 2.24) is 14.5 Å². The first-order chi connectivity index (χ1) is 10.8. The van der Waals surface area contributed by atoms with Gasteiger partial charge in [0.15, 0.2) is 0 Å². The molecule has 0 amide bonds. The van der Waals surface area contributed by atoms with E-state index in [1.54, 1.807) is 19.1 Å². The molecule has 2 rings (SSSR count). The standard InChI is InChI=1S/C15H19N3O4S/c1-3-11(2)14(15(19)20)17-23(21,22)13-9-16-18(10-13)12-7-5-4-6-8-12/h4-11,14,17H,3H2,1-2H3,(H,19,20)/t11-,14-/m0/s1. The number of nitrogens with zero attached hydrogens (tertiary/aromatic N) is 2. The summed E-state index contributed by atoms with van der Waals surface area (Å²) in [5.74, 6) is -1.52. The van der Waals surface area contributed by atoms with Crippen LogP contribution in [0.1, 0.15) is 20.3 Å². The second kappa shape index (κ2) is 6.93. The first-order valence-corrected chi connectivity index (χ1v) is 8.68. The van der Waals surface area contributed by atoms with Crippen molar-refractivity contribution in [2.24, 2.45) is 5.92 Å². The third kappa shape index (κ3) is 3.96. The maximum absolute atomic E-state index is 12.4. The third-order valence-electron chi connectivity index (χ3n) is 3.65. The van der Waals surface area contributed by atoms with Crippen molar-refractivity contribution in [3.05, 3.63) is 42.7 Å². The van der Waals surface area contributed by atoms with E-state index in [1.165, 1.54) is 17.1 Å². The molecule has 1 aromatic heterocycles. The molecular formula is C15H19N3O4S. The second-order valence-corrected chi connectivity index (χ2v) is 6.99. The van der Waals surface area contributed by atoms with Gasteiger partial charge in [-0.15, -0.1) is 0 Å². The van der Waals surface area contributed by atoms with E-state index in [1.807, 2.05) is 25.1 Å². The van der Waals surface area contributed by atoms with Crippen molar-refractivity contribution < 1.29 is 18.3 Å². The summed E-state index contributed by atoms with van der Waals surface area (Å²) in [4.78, 5) is 11.2. The summed E-state index contributed by atoms with van der Waals surface area (Å²) in [7, 11) is -3.96. The van der Waals surface area contributed by atoms with Crippen molar-refractivity contribution in [3.8, 4) is 5.69 Å². The van der Waals surface area contributed by atoms with Gasteiger partial charge in [0.1, 0.15) is 10.9 Å². The first kappa shape index (κ1) is 17.2. The minimum absolute atomic E-state index is 0.0732. The zero-order chi connectivity index (χ0) is 17.0. The normalized spacial score (nSPS) is 14.3. The van der Waals surface area contributed by atoms with Gasteiger partial charge >= 0.3 is 5.97 Å². The zero-order valence-electron chi connectivity index (χ0n) is 12.9. The van der Waals surface area contributed by atoms with E-state index < -0.39 is 22.0 Å². The predicted octanol–water partition coefficient (Wildman–Crippen LogP) is 1.65. The van der Waals surface area contributed by atoms with Crippen molar-refractivity contribution >= 4 is 16.0 Å². The second-order valence-electron chi connectivity index (χ2n) is 5.28. The minimum atomic E-state index is -3.96. The van der Waals surface area contributed by atoms with Gasteiger partial charge in [-0.25, -0.2) is 13.1 Å². The summed E-state index contributed by atoms with van der Waals surface area (Å²) >= 11 is 0. The van der Waals surface area contributed by atoms with Gasteiger partial charge in [0.25, 0.3) is 0 Å². The molecule has 2 aromatic rings. The highest BCUT2D eigenvalue weighted by Crippen LogP contribution is 2.15. The van der Waals surface area contributed by atoms with E-state index in [4.69, 9.17) is 0 Å². The van der Waals surface area contributed by atoms with Crippen LogP contribution in [0.15, 0.2) is 47.6 Å². The molecule has 0 radical (unpaired) electrons. The number of carboxylic acid groups (broad SMARTS) is 1. The van der Waals surface area contributed by atoms with Gasteiger partial charge < -0.3 is 5.11 Å². The summed E-state index contributed by atoms with van der Waals surface area (Å²) in [6.45, 7) is 3.50. The van der Waals surface area contributed by atoms with Crippen LogP contribution in [0.5, 0.6) is 0 Å². The Balaban J connectivity index is 2.26. The van der Waals surface area contributed by atoms with Gasteiger partial charge in [0, 0.05) is 0 Å². The number of aromatic nitrogens is 2. The summed E-state index contributed by atoms with van der Waals surface area (Å²) in [5.41, 5.74) is 0.714. The zero-order valence-corrected chi connectivity index (χ0v) is 13.7. The van der Waals surface area contributed by atoms with Crippen LogP contribution >= 0.6 is 0 Å². The number of carbonyl (C=O) groups is 1. The van der Waals surface area contributed by atoms with Crippen LogP contribution in [0.4, 0.5) is 0 Å². The van der Waals surface area contributed by atoms with Gasteiger partial charge in [-0.05, 0) is 18.1 Å². The molecule has 1 heterocycles. The van der Waals surface area contributed by atoms with Gasteiger partial charge in [-0.3, -0.25) is 4.79 Å². The molecule has 0 bridgehead atoms. The summed E-state index contributed by atoms with van der Waals surface area (Å²) in [6, 6.07) is 7.87. The highest BCUT2D eigenvalue weighted by molar-refractivity contribution is 7.89. The molecule has 2 atom stereocenters. The van der Waals surface area contributed by atoms with Crippen LogP contribution in [0.3, 0.4) is 0 Å². The molecule has 0 aliphatic heterocycles. The number of hydrogen-bond acceptors (Lipinski definition) is 4. The van der Waals surface area contributed by atoms with Gasteiger partial charge in [-0.1, -0.05) is 38.5 Å². The Morgan fingerprint density at radius 1 is 1.35 bits per heavy atom. The molecule has 0 spiro atoms. The fourth-order valence-electron chi connectivity index (χ4n) is 2.05. The van der Waals surface area contributed by atoms with Crippen molar-refractivity contribution in [3.63, 3.8) is 0 Å². The lowest BCUT2D eigenvalue weighted by Crippen LogP contribution is -2.44. The van der Waals surface area contributed by atoms with E-state index in [0.29, 0.717) is 12.1 Å². The SMILES string of the molecule is CC[C@H](C)[C@H](NS(=O)(=O)c1cnn(-c2ccccc2)c1)C(=O)O. The van der Waals surface area contributed by atoms with Crippen LogP contribution in [0.2, 0.25) is 0 Å². The topological polar surface area (TPSA) is 101 Å². The Bertz CT molecular complexity index is 771. The Morgan fingerprint density at radius 3 is 2.57 bits per heavy atom. The highest BCUT2D eigenvalue weighted by Gasteiger charge is 2.30. The van der Waals surface area contributed by atoms with Gasteiger partial charge in [0.05, 0.1) is 18.1 Å². The highest BCUT2D eigenvalue weighted by atomic mass is 32.2. The smallest absolute Gasteiger partial charge is 0.322 e. The number of aliphatic carboxylic acids is 1. The molecule has 0 aliphatic rings. The predicted molar refractivity (Wildman–Crippen MR) is 84.8 cm³/mol. The molecule has 23 heavy (non-hydrogen) atoms. The lowest BCUT2D eigenvalue weighted by molar-refractivity contribution is -0.140. The Labute approximate surface area is 135 Å². The molecule has 0 saturated heterocycles. The lowest BCUT2D eigenvalue weighted by atomic mass is 10.0. The van der Waals surface area contributed by atoms with E-state index in [0.717, 1.165) is 0 Å². The van der Waals surface area contributed by atoms with Crippen LogP contribution in [0.25, 0.3) is 5.69 Å². The number of carboxylic acids is 1. The van der Waals surface area contributed by atoms with E-state index in [2.05, 4.69) is 9.82 Å². The number of nitrogens with one attached hydrogen (secondary N) is 1. The Hall–Kier alpha value is -2.19. The van der Waals surface area contributed by atoms with E-state index >= 15 is 0 Å². The minimum Gasteiger partial charge on any atom is -0.480 e. The fourth-order valence-corrected chi connectivity index (χ4v) is 3.28. The molecular weight excluding hydrogens is 318 g/mol. The average Bonchev–Trinajstić information content (AvgIpc) is 3.03. The first-order valence-electron chi connectivity index (χ1n) is 7.20. The molecule has 8 heteroatoms. The van der Waals surface area contributed by atoms with Gasteiger partial charge in [-0.2, -0.15) is 9.82 Å². The monoisotopic (exact) mass is 337 g/mol. The molecule has 0 unspecified atom stereocenters. The third-order valence-corrected chi connectivity index (χ3v) is 5.05. The van der Waals surface area contributed by atoms with Crippen molar-refractivity contribution in [1.29, 1.82) is 0 Å². The van der Waals surface area contributed by atoms with Crippen LogP contribution < -0.4 is 4.72 Å². The fraction of sp³-hybridized carbons (Fsp3) is 0.333. The largest absolute Gasteiger partial charge is 0.480 e. The van der Waals surface area contributed by atoms with Crippen LogP contribution in [-0.2, 0) is 14.8 Å². The number of hydrogen-bond donors (Lipinski definition) is 2. The average molecular weight is 337 g/mol. The maximum Gasteiger partial charge on any atom is 0.322 e. The quantitative estimate of drug-likeness (QED) is 0.800. The molecule has 0 saturated carbocycles. The van der Waals surface area contributed by atoms with Gasteiger partial charge in [0.2, 0.25) is 10.0 Å². The van der Waals surface area contributed by atoms with E-state index in [9.17, 15) is 18.3 Å². The molecule has 7 nitrogen and oxygen atoms in total. The number of benzene rings is 1. The van der Waals surface area contributed by atoms with Crippen LogP contribution in [0, 0.1) is 5.92 Å². The summed E-state index contributed by atoms with van der Waals surface area (Å²) in [5, 5.41) is 13.2. The molecule has 1 aromatic carbocycles. The summed E-state index contributed by atoms with van der Waals surface area (Å²) in [6.07, 6.45) is 3.10. The Morgan fingerprint density at radius 2 is 2.00 bits per heavy atom. The number of para-hydroxylation sites is 1. The molecule has 0 aliphatic carbocycles.